The molecule has 0 fully saturated rings. The number of hydrogen-bond acceptors (Lipinski definition) is 1. The average molecular weight is 397 g/mol. The summed E-state index contributed by atoms with van der Waals surface area (Å²) in [5, 5.41) is 7.89. The van der Waals surface area contributed by atoms with Crippen LogP contribution in [0.3, 0.4) is 0 Å². The van der Waals surface area contributed by atoms with E-state index in [-0.39, 0.29) is 5.57 Å². The molecule has 3 rings (SSSR count). The Morgan fingerprint density at radius 2 is 1.50 bits per heavy atom. The van der Waals surface area contributed by atoms with Crippen LogP contribution in [0.5, 0.6) is 0 Å². The van der Waals surface area contributed by atoms with E-state index in [1.54, 1.807) is 0 Å². The lowest BCUT2D eigenvalue weighted by molar-refractivity contribution is -0.132. The first-order chi connectivity index (χ1) is 14.5. The van der Waals surface area contributed by atoms with Crippen molar-refractivity contribution in [3.63, 3.8) is 0 Å². The Hall–Kier alpha value is -3.57. The van der Waals surface area contributed by atoms with Crippen LogP contribution in [0.25, 0.3) is 11.1 Å². The van der Waals surface area contributed by atoms with Crippen LogP contribution in [0.2, 0.25) is 0 Å². The number of rotatable bonds is 5. The molecule has 1 N–H and O–H groups in total. The lowest BCUT2D eigenvalue weighted by atomic mass is 9.92. The van der Waals surface area contributed by atoms with E-state index in [1.807, 2.05) is 18.2 Å². The number of carboxylic acids is 1. The Bertz CT molecular complexity index is 1010. The van der Waals surface area contributed by atoms with Gasteiger partial charge in [-0.1, -0.05) is 92.4 Å². The molecule has 0 aliphatic rings. The summed E-state index contributed by atoms with van der Waals surface area (Å²) in [5.74, 6) is 5.76. The molecule has 0 aromatic heterocycles. The van der Waals surface area contributed by atoms with E-state index in [0.29, 0.717) is 0 Å². The van der Waals surface area contributed by atoms with E-state index in [9.17, 15) is 4.79 Å². The fraction of sp³-hybridized carbons (Fsp3) is 0.179. The predicted molar refractivity (Wildman–Crippen MR) is 125 cm³/mol. The van der Waals surface area contributed by atoms with Crippen molar-refractivity contribution in [3.05, 3.63) is 108 Å². The second-order valence-electron chi connectivity index (χ2n) is 7.01. The minimum atomic E-state index is -0.935. The van der Waals surface area contributed by atoms with Gasteiger partial charge in [0, 0.05) is 22.3 Å². The summed E-state index contributed by atoms with van der Waals surface area (Å²) >= 11 is 0. The number of aliphatic carboxylic acids is 1. The normalized spacial score (nSPS) is 9.53. The molecule has 0 unspecified atom stereocenters. The van der Waals surface area contributed by atoms with Crippen LogP contribution in [-0.4, -0.2) is 11.1 Å². The number of unbranched alkanes of at least 4 members (excludes halogenated alkanes) is 1. The van der Waals surface area contributed by atoms with Crippen LogP contribution < -0.4 is 0 Å². The molecule has 0 aliphatic heterocycles. The van der Waals surface area contributed by atoms with Gasteiger partial charge in [-0.2, -0.15) is 0 Å². The molecule has 0 aliphatic carbocycles. The van der Waals surface area contributed by atoms with E-state index in [1.165, 1.54) is 36.5 Å². The molecule has 2 heteroatoms. The van der Waals surface area contributed by atoms with Crippen LogP contribution in [-0.2, 0) is 11.2 Å². The number of benzene rings is 3. The first kappa shape index (κ1) is 22.7. The molecular formula is C28H28O2. The van der Waals surface area contributed by atoms with Gasteiger partial charge in [0.25, 0.3) is 0 Å². The standard InChI is InChI=1S/C24H22.C4H6O2/c1-2-3-13-21-16-10-17-23(19-18-20-11-6-4-7-12-20)24(21)22-14-8-5-9-15-22;1-3(2)4(5)6/h4-12,14-17H,2-3,13H2,1H3;1H2,2H3,(H,5,6). The SMILES string of the molecule is C=C(C)C(=O)O.CCCCc1cccc(C#Cc2ccccc2)c1-c1ccccc1. The molecule has 0 saturated heterocycles. The van der Waals surface area contributed by atoms with Crippen molar-refractivity contribution in [1.82, 2.24) is 0 Å². The van der Waals surface area contributed by atoms with Gasteiger partial charge in [0.2, 0.25) is 0 Å². The van der Waals surface area contributed by atoms with Crippen LogP contribution in [0.15, 0.2) is 91.0 Å². The summed E-state index contributed by atoms with van der Waals surface area (Å²) in [6, 6.07) is 27.3. The smallest absolute Gasteiger partial charge is 0.330 e. The minimum Gasteiger partial charge on any atom is -0.478 e. The van der Waals surface area contributed by atoms with Crippen molar-refractivity contribution in [2.75, 3.05) is 0 Å². The third-order valence-corrected chi connectivity index (χ3v) is 4.49. The molecule has 0 saturated carbocycles. The predicted octanol–water partition coefficient (Wildman–Crippen LogP) is 6.74. The molecule has 30 heavy (non-hydrogen) atoms. The highest BCUT2D eigenvalue weighted by Gasteiger charge is 2.09. The van der Waals surface area contributed by atoms with Crippen LogP contribution in [0.4, 0.5) is 0 Å². The maximum atomic E-state index is 9.60. The number of hydrogen-bond donors (Lipinski definition) is 1. The molecule has 0 heterocycles. The zero-order valence-corrected chi connectivity index (χ0v) is 17.7. The fourth-order valence-corrected chi connectivity index (χ4v) is 2.89. The van der Waals surface area contributed by atoms with Gasteiger partial charge in [-0.25, -0.2) is 4.79 Å². The Morgan fingerprint density at radius 3 is 2.07 bits per heavy atom. The first-order valence-corrected chi connectivity index (χ1v) is 10.2. The molecule has 0 radical (unpaired) electrons. The van der Waals surface area contributed by atoms with E-state index < -0.39 is 5.97 Å². The van der Waals surface area contributed by atoms with Crippen molar-refractivity contribution in [3.8, 4) is 23.0 Å². The molecule has 152 valence electrons. The largest absolute Gasteiger partial charge is 0.478 e. The number of carbonyl (C=O) groups is 1. The summed E-state index contributed by atoms with van der Waals surface area (Å²) in [4.78, 5) is 9.60. The van der Waals surface area contributed by atoms with Gasteiger partial charge in [0.05, 0.1) is 0 Å². The second-order valence-corrected chi connectivity index (χ2v) is 7.01. The van der Waals surface area contributed by atoms with Gasteiger partial charge in [-0.05, 0) is 49.1 Å². The minimum absolute atomic E-state index is 0.176. The van der Waals surface area contributed by atoms with E-state index in [0.717, 1.165) is 17.5 Å². The topological polar surface area (TPSA) is 37.3 Å². The molecule has 3 aromatic carbocycles. The highest BCUT2D eigenvalue weighted by atomic mass is 16.4. The third kappa shape index (κ3) is 7.11. The summed E-state index contributed by atoms with van der Waals surface area (Å²) in [6.45, 7) is 6.84. The summed E-state index contributed by atoms with van der Waals surface area (Å²) in [7, 11) is 0. The van der Waals surface area contributed by atoms with Crippen molar-refractivity contribution in [1.29, 1.82) is 0 Å². The first-order valence-electron chi connectivity index (χ1n) is 10.2. The van der Waals surface area contributed by atoms with Gasteiger partial charge < -0.3 is 5.11 Å². The van der Waals surface area contributed by atoms with Crippen LogP contribution in [0, 0.1) is 11.8 Å². The number of carboxylic acid groups (broad SMARTS) is 1. The Kier molecular flexibility index (Phi) is 9.16. The second kappa shape index (κ2) is 12.1. The van der Waals surface area contributed by atoms with Crippen molar-refractivity contribution in [2.45, 2.75) is 33.1 Å². The van der Waals surface area contributed by atoms with E-state index >= 15 is 0 Å². The quantitative estimate of drug-likeness (QED) is 0.383. The Morgan fingerprint density at radius 1 is 0.900 bits per heavy atom. The van der Waals surface area contributed by atoms with E-state index in [2.05, 4.69) is 86.0 Å². The highest BCUT2D eigenvalue weighted by Crippen LogP contribution is 2.28. The van der Waals surface area contributed by atoms with Gasteiger partial charge in [-0.15, -0.1) is 0 Å². The molecule has 0 atom stereocenters. The summed E-state index contributed by atoms with van der Waals surface area (Å²) in [5.41, 5.74) is 6.27. The highest BCUT2D eigenvalue weighted by molar-refractivity contribution is 5.84. The maximum Gasteiger partial charge on any atom is 0.330 e. The van der Waals surface area contributed by atoms with Crippen LogP contribution >= 0.6 is 0 Å². The molecule has 3 aromatic rings. The van der Waals surface area contributed by atoms with Gasteiger partial charge in [-0.3, -0.25) is 0 Å². The lowest BCUT2D eigenvalue weighted by Gasteiger charge is -2.12. The molecule has 2 nitrogen and oxygen atoms in total. The monoisotopic (exact) mass is 396 g/mol. The Labute approximate surface area is 179 Å². The lowest BCUT2D eigenvalue weighted by Crippen LogP contribution is -1.94. The van der Waals surface area contributed by atoms with Crippen molar-refractivity contribution in [2.24, 2.45) is 0 Å². The van der Waals surface area contributed by atoms with E-state index in [4.69, 9.17) is 5.11 Å². The summed E-state index contributed by atoms with van der Waals surface area (Å²) < 4.78 is 0. The van der Waals surface area contributed by atoms with Crippen molar-refractivity contribution < 1.29 is 9.90 Å². The molecule has 0 bridgehead atoms. The third-order valence-electron chi connectivity index (χ3n) is 4.49. The Balaban J connectivity index is 0.000000469. The zero-order chi connectivity index (χ0) is 21.8. The fourth-order valence-electron chi connectivity index (χ4n) is 2.89. The molecule has 0 spiro atoms. The van der Waals surface area contributed by atoms with Crippen molar-refractivity contribution >= 4 is 5.97 Å². The van der Waals surface area contributed by atoms with Gasteiger partial charge in [0.15, 0.2) is 0 Å². The van der Waals surface area contributed by atoms with Crippen LogP contribution in [0.1, 0.15) is 43.4 Å². The zero-order valence-electron chi connectivity index (χ0n) is 17.7. The molecular weight excluding hydrogens is 368 g/mol. The summed E-state index contributed by atoms with van der Waals surface area (Å²) in [6.07, 6.45) is 3.51. The molecule has 0 amide bonds. The maximum absolute atomic E-state index is 9.60. The average Bonchev–Trinajstić information content (AvgIpc) is 2.78. The number of aryl methyl sites for hydroxylation is 1. The van der Waals surface area contributed by atoms with Gasteiger partial charge >= 0.3 is 5.97 Å². The van der Waals surface area contributed by atoms with Gasteiger partial charge in [0.1, 0.15) is 0 Å².